The standard InChI is InChI=1S/C11H7N3S/c1-2-9-10(12-4-1)6-13-11(14-9)8-3-5-15-7-8/h1-7H. The third-order valence-electron chi connectivity index (χ3n) is 2.13. The van der Waals surface area contributed by atoms with Crippen LogP contribution in [0.1, 0.15) is 0 Å². The average Bonchev–Trinajstić information content (AvgIpc) is 2.82. The molecule has 3 aromatic rings. The van der Waals surface area contributed by atoms with E-state index in [1.54, 1.807) is 23.7 Å². The molecular weight excluding hydrogens is 206 g/mol. The molecule has 0 aliphatic carbocycles. The second-order valence-corrected chi connectivity index (χ2v) is 3.89. The maximum atomic E-state index is 4.45. The first-order valence-electron chi connectivity index (χ1n) is 4.54. The minimum Gasteiger partial charge on any atom is -0.253 e. The normalized spacial score (nSPS) is 10.7. The molecule has 15 heavy (non-hydrogen) atoms. The molecule has 0 aliphatic rings. The number of pyridine rings is 1. The fourth-order valence-corrected chi connectivity index (χ4v) is 2.03. The summed E-state index contributed by atoms with van der Waals surface area (Å²) in [5.41, 5.74) is 2.77. The molecule has 0 amide bonds. The highest BCUT2D eigenvalue weighted by Crippen LogP contribution is 2.19. The second-order valence-electron chi connectivity index (χ2n) is 3.11. The predicted molar refractivity (Wildman–Crippen MR) is 60.6 cm³/mol. The molecule has 3 aromatic heterocycles. The Morgan fingerprint density at radius 1 is 1.07 bits per heavy atom. The first-order valence-corrected chi connectivity index (χ1v) is 5.48. The van der Waals surface area contributed by atoms with Gasteiger partial charge in [-0.1, -0.05) is 0 Å². The summed E-state index contributed by atoms with van der Waals surface area (Å²) in [6, 6.07) is 5.84. The van der Waals surface area contributed by atoms with Crippen LogP contribution in [0.4, 0.5) is 0 Å². The van der Waals surface area contributed by atoms with E-state index in [1.807, 2.05) is 29.0 Å². The summed E-state index contributed by atoms with van der Waals surface area (Å²) < 4.78 is 0. The van der Waals surface area contributed by atoms with Gasteiger partial charge in [-0.3, -0.25) is 4.98 Å². The number of aromatic nitrogens is 3. The van der Waals surface area contributed by atoms with Crippen LogP contribution in [-0.2, 0) is 0 Å². The van der Waals surface area contributed by atoms with Gasteiger partial charge >= 0.3 is 0 Å². The van der Waals surface area contributed by atoms with Crippen LogP contribution in [0.15, 0.2) is 41.4 Å². The summed E-state index contributed by atoms with van der Waals surface area (Å²) >= 11 is 1.64. The lowest BCUT2D eigenvalue weighted by Crippen LogP contribution is -1.89. The molecule has 0 atom stereocenters. The van der Waals surface area contributed by atoms with Crippen molar-refractivity contribution in [1.82, 2.24) is 15.0 Å². The van der Waals surface area contributed by atoms with Gasteiger partial charge < -0.3 is 0 Å². The molecule has 0 saturated carbocycles. The summed E-state index contributed by atoms with van der Waals surface area (Å²) in [4.78, 5) is 12.9. The molecule has 0 fully saturated rings. The summed E-state index contributed by atoms with van der Waals surface area (Å²) in [6.45, 7) is 0. The Balaban J connectivity index is 2.22. The van der Waals surface area contributed by atoms with Crippen molar-refractivity contribution >= 4 is 22.4 Å². The SMILES string of the molecule is c1cnc2cnc(-c3ccsc3)nc2c1. The van der Waals surface area contributed by atoms with Gasteiger partial charge in [0.05, 0.1) is 11.7 Å². The highest BCUT2D eigenvalue weighted by Gasteiger charge is 2.02. The molecule has 3 nitrogen and oxygen atoms in total. The zero-order chi connectivity index (χ0) is 10.1. The number of thiophene rings is 1. The largest absolute Gasteiger partial charge is 0.253 e. The van der Waals surface area contributed by atoms with Gasteiger partial charge in [-0.15, -0.1) is 0 Å². The van der Waals surface area contributed by atoms with Gasteiger partial charge in [-0.2, -0.15) is 11.3 Å². The van der Waals surface area contributed by atoms with E-state index < -0.39 is 0 Å². The molecule has 4 heteroatoms. The van der Waals surface area contributed by atoms with Crippen molar-refractivity contribution in [1.29, 1.82) is 0 Å². The summed E-state index contributed by atoms with van der Waals surface area (Å²) in [5, 5.41) is 4.06. The van der Waals surface area contributed by atoms with Crippen LogP contribution in [0, 0.1) is 0 Å². The summed E-state index contributed by atoms with van der Waals surface area (Å²) in [5.74, 6) is 0.761. The smallest absolute Gasteiger partial charge is 0.160 e. The topological polar surface area (TPSA) is 38.7 Å². The maximum Gasteiger partial charge on any atom is 0.160 e. The number of fused-ring (bicyclic) bond motifs is 1. The Kier molecular flexibility index (Phi) is 1.93. The van der Waals surface area contributed by atoms with E-state index in [0.29, 0.717) is 0 Å². The van der Waals surface area contributed by atoms with Crippen molar-refractivity contribution in [2.24, 2.45) is 0 Å². The molecule has 0 aromatic carbocycles. The van der Waals surface area contributed by atoms with Crippen molar-refractivity contribution < 1.29 is 0 Å². The summed E-state index contributed by atoms with van der Waals surface area (Å²) in [6.07, 6.45) is 3.51. The Hall–Kier alpha value is -1.81. The predicted octanol–water partition coefficient (Wildman–Crippen LogP) is 2.75. The zero-order valence-electron chi connectivity index (χ0n) is 7.79. The lowest BCUT2D eigenvalue weighted by Gasteiger charge is -1.98. The first kappa shape index (κ1) is 8.49. The van der Waals surface area contributed by atoms with Crippen molar-refractivity contribution in [2.75, 3.05) is 0 Å². The molecule has 0 bridgehead atoms. The molecule has 0 aliphatic heterocycles. The van der Waals surface area contributed by atoms with Gasteiger partial charge in [0.15, 0.2) is 5.82 Å². The van der Waals surface area contributed by atoms with Crippen LogP contribution >= 0.6 is 11.3 Å². The van der Waals surface area contributed by atoms with Crippen molar-refractivity contribution in [2.45, 2.75) is 0 Å². The molecule has 0 unspecified atom stereocenters. The lowest BCUT2D eigenvalue weighted by atomic mass is 10.3. The second kappa shape index (κ2) is 3.40. The van der Waals surface area contributed by atoms with Crippen molar-refractivity contribution in [3.8, 4) is 11.4 Å². The zero-order valence-corrected chi connectivity index (χ0v) is 8.61. The van der Waals surface area contributed by atoms with Gasteiger partial charge in [0, 0.05) is 17.1 Å². The van der Waals surface area contributed by atoms with Crippen LogP contribution in [0.25, 0.3) is 22.4 Å². The minimum atomic E-state index is 0.761. The molecule has 0 spiro atoms. The van der Waals surface area contributed by atoms with Crippen LogP contribution in [0.2, 0.25) is 0 Å². The fourth-order valence-electron chi connectivity index (χ4n) is 1.40. The van der Waals surface area contributed by atoms with Crippen LogP contribution in [0.5, 0.6) is 0 Å². The summed E-state index contributed by atoms with van der Waals surface area (Å²) in [7, 11) is 0. The van der Waals surface area contributed by atoms with Gasteiger partial charge in [0.25, 0.3) is 0 Å². The van der Waals surface area contributed by atoms with Gasteiger partial charge in [-0.05, 0) is 23.6 Å². The third-order valence-corrected chi connectivity index (χ3v) is 2.81. The molecule has 3 rings (SSSR count). The quantitative estimate of drug-likeness (QED) is 0.624. The fraction of sp³-hybridized carbons (Fsp3) is 0. The third kappa shape index (κ3) is 1.49. The van der Waals surface area contributed by atoms with E-state index in [4.69, 9.17) is 0 Å². The van der Waals surface area contributed by atoms with E-state index in [1.165, 1.54) is 0 Å². The van der Waals surface area contributed by atoms with Crippen LogP contribution < -0.4 is 0 Å². The van der Waals surface area contributed by atoms with Crippen molar-refractivity contribution in [3.63, 3.8) is 0 Å². The molecule has 0 saturated heterocycles. The first-order chi connectivity index (χ1) is 7.43. The minimum absolute atomic E-state index is 0.761. The number of nitrogens with zero attached hydrogens (tertiary/aromatic N) is 3. The molecule has 0 radical (unpaired) electrons. The number of rotatable bonds is 1. The van der Waals surface area contributed by atoms with E-state index in [2.05, 4.69) is 15.0 Å². The lowest BCUT2D eigenvalue weighted by molar-refractivity contribution is 1.21. The molecule has 72 valence electrons. The van der Waals surface area contributed by atoms with Gasteiger partial charge in [0.2, 0.25) is 0 Å². The van der Waals surface area contributed by atoms with E-state index >= 15 is 0 Å². The Labute approximate surface area is 90.5 Å². The molecular formula is C11H7N3S. The molecule has 3 heterocycles. The monoisotopic (exact) mass is 213 g/mol. The van der Waals surface area contributed by atoms with E-state index in [9.17, 15) is 0 Å². The Bertz CT molecular complexity index is 590. The van der Waals surface area contributed by atoms with Gasteiger partial charge in [-0.25, -0.2) is 9.97 Å². The number of hydrogen-bond acceptors (Lipinski definition) is 4. The average molecular weight is 213 g/mol. The van der Waals surface area contributed by atoms with E-state index in [-0.39, 0.29) is 0 Å². The highest BCUT2D eigenvalue weighted by atomic mass is 32.1. The maximum absolute atomic E-state index is 4.45. The Morgan fingerprint density at radius 3 is 2.93 bits per heavy atom. The van der Waals surface area contributed by atoms with Gasteiger partial charge in [0.1, 0.15) is 5.52 Å². The highest BCUT2D eigenvalue weighted by molar-refractivity contribution is 7.08. The van der Waals surface area contributed by atoms with Crippen molar-refractivity contribution in [3.05, 3.63) is 41.4 Å². The van der Waals surface area contributed by atoms with Crippen LogP contribution in [-0.4, -0.2) is 15.0 Å². The van der Waals surface area contributed by atoms with Crippen LogP contribution in [0.3, 0.4) is 0 Å². The molecule has 0 N–H and O–H groups in total. The number of hydrogen-bond donors (Lipinski definition) is 0. The Morgan fingerprint density at radius 2 is 2.07 bits per heavy atom. The van der Waals surface area contributed by atoms with E-state index in [0.717, 1.165) is 22.4 Å².